The molecule has 0 saturated carbocycles. The van der Waals surface area contributed by atoms with Crippen molar-refractivity contribution in [3.63, 3.8) is 0 Å². The van der Waals surface area contributed by atoms with Crippen molar-refractivity contribution in [3.8, 4) is 5.69 Å². The Labute approximate surface area is 238 Å². The molecule has 0 radical (unpaired) electrons. The number of fused-ring (bicyclic) bond motifs is 1. The van der Waals surface area contributed by atoms with Crippen molar-refractivity contribution in [2.75, 3.05) is 23.3 Å². The number of carbonyl (C=O) groups excluding carboxylic acids is 3. The molecule has 1 N–H and O–H groups in total. The van der Waals surface area contributed by atoms with Crippen molar-refractivity contribution >= 4 is 51.6 Å². The third kappa shape index (κ3) is 5.34. The summed E-state index contributed by atoms with van der Waals surface area (Å²) in [6.45, 7) is -0.630. The van der Waals surface area contributed by atoms with E-state index in [2.05, 4.69) is 30.9 Å². The van der Waals surface area contributed by atoms with Crippen molar-refractivity contribution in [1.29, 1.82) is 0 Å². The molecular formula is C27H23ClN10O3. The molecule has 1 fully saturated rings. The molecule has 3 aromatic heterocycles. The van der Waals surface area contributed by atoms with Crippen LogP contribution in [0.1, 0.15) is 5.69 Å². The number of pyridine rings is 1. The quantitative estimate of drug-likeness (QED) is 0.313. The Bertz CT molecular complexity index is 1760. The number of piperazine rings is 1. The number of hydrogen-bond donors (Lipinski definition) is 1. The molecule has 13 nitrogen and oxygen atoms in total. The highest BCUT2D eigenvalue weighted by molar-refractivity contribution is 6.31. The minimum absolute atomic E-state index is 0.119. The molecule has 1 saturated heterocycles. The second-order valence-corrected chi connectivity index (χ2v) is 9.93. The Morgan fingerprint density at radius 2 is 1.93 bits per heavy atom. The number of benzene rings is 2. The van der Waals surface area contributed by atoms with Crippen LogP contribution in [0.4, 0.5) is 11.4 Å². The van der Waals surface area contributed by atoms with E-state index in [0.29, 0.717) is 27.8 Å². The zero-order chi connectivity index (χ0) is 28.5. The average Bonchev–Trinajstić information content (AvgIpc) is 3.62. The summed E-state index contributed by atoms with van der Waals surface area (Å²) in [5.41, 5.74) is 2.79. The van der Waals surface area contributed by atoms with Crippen LogP contribution < -0.4 is 10.2 Å². The molecule has 206 valence electrons. The van der Waals surface area contributed by atoms with Crippen molar-refractivity contribution in [2.24, 2.45) is 7.05 Å². The first-order valence-corrected chi connectivity index (χ1v) is 13.0. The van der Waals surface area contributed by atoms with Gasteiger partial charge in [0.2, 0.25) is 17.7 Å². The van der Waals surface area contributed by atoms with Crippen LogP contribution in [0.5, 0.6) is 0 Å². The molecule has 0 bridgehead atoms. The van der Waals surface area contributed by atoms with Crippen molar-refractivity contribution in [2.45, 2.75) is 12.5 Å². The van der Waals surface area contributed by atoms with E-state index in [0.717, 1.165) is 10.9 Å². The molecule has 41 heavy (non-hydrogen) atoms. The predicted octanol–water partition coefficient (Wildman–Crippen LogP) is 2.02. The maximum absolute atomic E-state index is 13.7. The standard InChI is InChI=1S/C27H23ClN10O3/c1-35-13-17-10-20(6-7-21(17)32-35)31-27(41)24(12-19-4-2-3-9-29-19)37-15-25(39)36(14-26(37)40)23-11-18(28)5-8-22(23)38-16-30-33-34-38/h2-11,13,16,24H,12,14-15H2,1H3,(H,31,41). The van der Waals surface area contributed by atoms with Gasteiger partial charge in [0.1, 0.15) is 25.5 Å². The number of hydrogen-bond acceptors (Lipinski definition) is 8. The second kappa shape index (κ2) is 10.8. The lowest BCUT2D eigenvalue weighted by atomic mass is 10.1. The summed E-state index contributed by atoms with van der Waals surface area (Å²) >= 11 is 6.25. The van der Waals surface area contributed by atoms with E-state index in [9.17, 15) is 14.4 Å². The van der Waals surface area contributed by atoms with Crippen LogP contribution >= 0.6 is 11.6 Å². The minimum Gasteiger partial charge on any atom is -0.324 e. The molecule has 5 aromatic rings. The molecular weight excluding hydrogens is 548 g/mol. The summed E-state index contributed by atoms with van der Waals surface area (Å²) in [6, 6.07) is 14.6. The largest absolute Gasteiger partial charge is 0.324 e. The van der Waals surface area contributed by atoms with E-state index in [1.807, 2.05) is 19.3 Å². The molecule has 2 aromatic carbocycles. The summed E-state index contributed by atoms with van der Waals surface area (Å²) in [6.07, 6.45) is 4.96. The molecule has 4 heterocycles. The highest BCUT2D eigenvalue weighted by atomic mass is 35.5. The lowest BCUT2D eigenvalue weighted by molar-refractivity contribution is -0.143. The molecule has 0 aliphatic carbocycles. The van der Waals surface area contributed by atoms with Crippen LogP contribution in [0.2, 0.25) is 5.02 Å². The number of nitrogens with zero attached hydrogens (tertiary/aromatic N) is 9. The predicted molar refractivity (Wildman–Crippen MR) is 149 cm³/mol. The number of amides is 3. The smallest absolute Gasteiger partial charge is 0.247 e. The first-order chi connectivity index (χ1) is 19.9. The number of anilines is 2. The maximum atomic E-state index is 13.7. The van der Waals surface area contributed by atoms with Crippen LogP contribution in [0.3, 0.4) is 0 Å². The Kier molecular flexibility index (Phi) is 6.85. The SMILES string of the molecule is Cn1cc2cc(NC(=O)C(Cc3ccccn3)N3CC(=O)N(c4cc(Cl)ccc4-n4cnnn4)CC3=O)ccc2n1. The van der Waals surface area contributed by atoms with Crippen LogP contribution in [0.25, 0.3) is 16.6 Å². The minimum atomic E-state index is -0.994. The summed E-state index contributed by atoms with van der Waals surface area (Å²) in [5.74, 6) is -1.24. The van der Waals surface area contributed by atoms with Gasteiger partial charge in [0.15, 0.2) is 0 Å². The number of halogens is 1. The fourth-order valence-electron chi connectivity index (χ4n) is 4.83. The Morgan fingerprint density at radius 1 is 1.05 bits per heavy atom. The highest BCUT2D eigenvalue weighted by Gasteiger charge is 2.39. The van der Waals surface area contributed by atoms with Crippen LogP contribution in [0, 0.1) is 0 Å². The number of rotatable bonds is 7. The number of tetrazole rings is 1. The molecule has 0 spiro atoms. The summed E-state index contributed by atoms with van der Waals surface area (Å²) in [5, 5.41) is 19.7. The number of carbonyl (C=O) groups is 3. The third-order valence-corrected chi connectivity index (χ3v) is 6.97. The Balaban J connectivity index is 1.29. The van der Waals surface area contributed by atoms with Gasteiger partial charge in [0.05, 0.1) is 16.9 Å². The van der Waals surface area contributed by atoms with Crippen molar-refractivity contribution in [1.82, 2.24) is 39.9 Å². The molecule has 1 atom stereocenters. The van der Waals surface area contributed by atoms with Crippen LogP contribution in [-0.4, -0.2) is 76.7 Å². The van der Waals surface area contributed by atoms with Gasteiger partial charge in [-0.2, -0.15) is 9.78 Å². The molecule has 1 unspecified atom stereocenters. The molecule has 14 heteroatoms. The Morgan fingerprint density at radius 3 is 2.71 bits per heavy atom. The van der Waals surface area contributed by atoms with Gasteiger partial charge in [0.25, 0.3) is 0 Å². The van der Waals surface area contributed by atoms with E-state index in [-0.39, 0.29) is 19.5 Å². The van der Waals surface area contributed by atoms with E-state index in [1.165, 1.54) is 20.8 Å². The maximum Gasteiger partial charge on any atom is 0.247 e. The van der Waals surface area contributed by atoms with Gasteiger partial charge in [0, 0.05) is 47.7 Å². The number of aromatic nitrogens is 7. The first kappa shape index (κ1) is 26.1. The fourth-order valence-corrected chi connectivity index (χ4v) is 5.00. The summed E-state index contributed by atoms with van der Waals surface area (Å²) in [7, 11) is 1.82. The normalized spacial score (nSPS) is 14.5. The zero-order valence-electron chi connectivity index (χ0n) is 21.8. The lowest BCUT2D eigenvalue weighted by Gasteiger charge is -2.38. The third-order valence-electron chi connectivity index (χ3n) is 6.74. The van der Waals surface area contributed by atoms with Gasteiger partial charge < -0.3 is 10.2 Å². The van der Waals surface area contributed by atoms with Gasteiger partial charge >= 0.3 is 0 Å². The Hall–Kier alpha value is -5.17. The van der Waals surface area contributed by atoms with E-state index in [1.54, 1.807) is 59.4 Å². The molecule has 6 rings (SSSR count). The van der Waals surface area contributed by atoms with Gasteiger partial charge in [-0.1, -0.05) is 17.7 Å². The zero-order valence-corrected chi connectivity index (χ0v) is 22.5. The summed E-state index contributed by atoms with van der Waals surface area (Å²) in [4.78, 5) is 47.8. The van der Waals surface area contributed by atoms with Gasteiger partial charge in [-0.3, -0.25) is 28.9 Å². The van der Waals surface area contributed by atoms with E-state index < -0.39 is 23.8 Å². The van der Waals surface area contributed by atoms with Gasteiger partial charge in [-0.25, -0.2) is 0 Å². The van der Waals surface area contributed by atoms with Crippen molar-refractivity contribution < 1.29 is 14.4 Å². The van der Waals surface area contributed by atoms with Crippen LogP contribution in [-0.2, 0) is 27.9 Å². The summed E-state index contributed by atoms with van der Waals surface area (Å²) < 4.78 is 3.07. The van der Waals surface area contributed by atoms with Crippen molar-refractivity contribution in [3.05, 3.63) is 84.0 Å². The van der Waals surface area contributed by atoms with Crippen LogP contribution in [0.15, 0.2) is 73.3 Å². The average molecular weight is 571 g/mol. The fraction of sp³-hybridized carbons (Fsp3) is 0.185. The topological polar surface area (TPSA) is 144 Å². The number of aryl methyl sites for hydroxylation is 1. The highest BCUT2D eigenvalue weighted by Crippen LogP contribution is 2.30. The van der Waals surface area contributed by atoms with Gasteiger partial charge in [-0.05, 0) is 59.0 Å². The molecule has 3 amide bonds. The molecule has 1 aliphatic rings. The second-order valence-electron chi connectivity index (χ2n) is 9.50. The van der Waals surface area contributed by atoms with E-state index in [4.69, 9.17) is 11.6 Å². The molecule has 1 aliphatic heterocycles. The lowest BCUT2D eigenvalue weighted by Crippen LogP contribution is -2.60. The van der Waals surface area contributed by atoms with Gasteiger partial charge in [-0.15, -0.1) is 5.10 Å². The monoisotopic (exact) mass is 570 g/mol. The number of nitrogens with one attached hydrogen (secondary N) is 1. The first-order valence-electron chi connectivity index (χ1n) is 12.6. The van der Waals surface area contributed by atoms with E-state index >= 15 is 0 Å².